The molecule has 1 aromatic carbocycles. The van der Waals surface area contributed by atoms with Gasteiger partial charge in [-0.05, 0) is 30.4 Å². The summed E-state index contributed by atoms with van der Waals surface area (Å²) < 4.78 is 11.1. The van der Waals surface area contributed by atoms with Gasteiger partial charge in [0.05, 0.1) is 19.8 Å². The first kappa shape index (κ1) is 13.1. The van der Waals surface area contributed by atoms with Crippen molar-refractivity contribution >= 4 is 0 Å². The molecule has 1 atom stereocenters. The largest absolute Gasteiger partial charge is 0.381 e. The van der Waals surface area contributed by atoms with Gasteiger partial charge >= 0.3 is 0 Å². The predicted molar refractivity (Wildman–Crippen MR) is 74.9 cm³/mol. The second kappa shape index (κ2) is 6.51. The van der Waals surface area contributed by atoms with Crippen LogP contribution in [0.1, 0.15) is 30.4 Å². The lowest BCUT2D eigenvalue weighted by Gasteiger charge is -2.10. The van der Waals surface area contributed by atoms with E-state index in [1.54, 1.807) is 0 Å². The number of rotatable bonds is 7. The molecule has 2 fully saturated rings. The van der Waals surface area contributed by atoms with Crippen LogP contribution in [0.3, 0.4) is 0 Å². The molecule has 104 valence electrons. The molecule has 0 radical (unpaired) electrons. The van der Waals surface area contributed by atoms with Gasteiger partial charge in [0.2, 0.25) is 0 Å². The van der Waals surface area contributed by atoms with Crippen molar-refractivity contribution in [3.05, 3.63) is 35.4 Å². The van der Waals surface area contributed by atoms with Gasteiger partial charge in [-0.15, -0.1) is 0 Å². The Labute approximate surface area is 115 Å². The number of nitrogens with one attached hydrogen (secondary N) is 1. The molecule has 1 saturated heterocycles. The van der Waals surface area contributed by atoms with Crippen molar-refractivity contribution in [2.45, 2.75) is 38.5 Å². The van der Waals surface area contributed by atoms with E-state index in [0.717, 1.165) is 38.8 Å². The van der Waals surface area contributed by atoms with Crippen LogP contribution in [0, 0.1) is 5.92 Å². The highest BCUT2D eigenvalue weighted by Gasteiger charge is 2.19. The van der Waals surface area contributed by atoms with Crippen LogP contribution >= 0.6 is 0 Å². The minimum Gasteiger partial charge on any atom is -0.381 e. The predicted octanol–water partition coefficient (Wildman–Crippen LogP) is 2.49. The molecule has 3 heteroatoms. The van der Waals surface area contributed by atoms with Crippen molar-refractivity contribution < 1.29 is 9.47 Å². The zero-order valence-corrected chi connectivity index (χ0v) is 11.4. The normalized spacial score (nSPS) is 22.8. The fourth-order valence-electron chi connectivity index (χ4n) is 2.44. The van der Waals surface area contributed by atoms with Crippen LogP contribution in [0.2, 0.25) is 0 Å². The fourth-order valence-corrected chi connectivity index (χ4v) is 2.44. The van der Waals surface area contributed by atoms with Crippen LogP contribution in [0.15, 0.2) is 24.3 Å². The molecule has 2 aliphatic rings. The van der Waals surface area contributed by atoms with E-state index in [2.05, 4.69) is 29.6 Å². The van der Waals surface area contributed by atoms with Gasteiger partial charge in [0.15, 0.2) is 0 Å². The van der Waals surface area contributed by atoms with E-state index in [1.165, 1.54) is 24.0 Å². The first-order chi connectivity index (χ1) is 9.40. The summed E-state index contributed by atoms with van der Waals surface area (Å²) in [5.41, 5.74) is 2.63. The Hall–Kier alpha value is -0.900. The van der Waals surface area contributed by atoms with E-state index in [1.807, 2.05) is 0 Å². The molecule has 3 nitrogen and oxygen atoms in total. The molecule has 3 rings (SSSR count). The van der Waals surface area contributed by atoms with Crippen LogP contribution in [-0.2, 0) is 22.6 Å². The molecule has 1 saturated carbocycles. The Morgan fingerprint density at radius 1 is 1.21 bits per heavy atom. The first-order valence-electron chi connectivity index (χ1n) is 7.37. The monoisotopic (exact) mass is 261 g/mol. The summed E-state index contributed by atoms with van der Waals surface area (Å²) in [6, 6.07) is 9.47. The van der Waals surface area contributed by atoms with Crippen molar-refractivity contribution in [3.63, 3.8) is 0 Å². The SMILES string of the molecule is c1cc(CNC2CC2)cc(COCC2CCOC2)c1. The molecule has 1 heterocycles. The minimum absolute atomic E-state index is 0.597. The molecule has 1 unspecified atom stereocenters. The smallest absolute Gasteiger partial charge is 0.0717 e. The lowest BCUT2D eigenvalue weighted by atomic mass is 10.1. The summed E-state index contributed by atoms with van der Waals surface area (Å²) in [4.78, 5) is 0. The van der Waals surface area contributed by atoms with Crippen LogP contribution in [0.4, 0.5) is 0 Å². The highest BCUT2D eigenvalue weighted by Crippen LogP contribution is 2.19. The summed E-state index contributed by atoms with van der Waals surface area (Å²) in [5.74, 6) is 0.597. The highest BCUT2D eigenvalue weighted by molar-refractivity contribution is 5.23. The number of hydrogen-bond acceptors (Lipinski definition) is 3. The van der Waals surface area contributed by atoms with Crippen molar-refractivity contribution in [3.8, 4) is 0 Å². The average molecular weight is 261 g/mol. The van der Waals surface area contributed by atoms with E-state index in [0.29, 0.717) is 12.5 Å². The van der Waals surface area contributed by atoms with Gasteiger partial charge in [0.25, 0.3) is 0 Å². The Balaban J connectivity index is 1.42. The molecule has 0 amide bonds. The van der Waals surface area contributed by atoms with Crippen LogP contribution in [0.5, 0.6) is 0 Å². The maximum Gasteiger partial charge on any atom is 0.0717 e. The maximum atomic E-state index is 5.80. The molecule has 0 bridgehead atoms. The van der Waals surface area contributed by atoms with E-state index >= 15 is 0 Å². The Morgan fingerprint density at radius 3 is 2.89 bits per heavy atom. The standard InChI is InChI=1S/C16H23NO2/c1-2-13(9-17-16-4-5-16)8-14(3-1)10-19-12-15-6-7-18-11-15/h1-3,8,15-17H,4-7,9-12H2. The first-order valence-corrected chi connectivity index (χ1v) is 7.37. The minimum atomic E-state index is 0.597. The van der Waals surface area contributed by atoms with Crippen LogP contribution < -0.4 is 5.32 Å². The van der Waals surface area contributed by atoms with E-state index in [9.17, 15) is 0 Å². The van der Waals surface area contributed by atoms with Crippen molar-refractivity contribution in [2.75, 3.05) is 19.8 Å². The van der Waals surface area contributed by atoms with Crippen molar-refractivity contribution in [2.24, 2.45) is 5.92 Å². The summed E-state index contributed by atoms with van der Waals surface area (Å²) in [5, 5.41) is 3.54. The van der Waals surface area contributed by atoms with Gasteiger partial charge in [0, 0.05) is 25.1 Å². The Kier molecular flexibility index (Phi) is 4.49. The second-order valence-electron chi connectivity index (χ2n) is 5.72. The van der Waals surface area contributed by atoms with Crippen LogP contribution in [-0.4, -0.2) is 25.9 Å². The van der Waals surface area contributed by atoms with Gasteiger partial charge in [-0.1, -0.05) is 24.3 Å². The number of benzene rings is 1. The lowest BCUT2D eigenvalue weighted by molar-refractivity contribution is 0.0791. The zero-order valence-electron chi connectivity index (χ0n) is 11.4. The average Bonchev–Trinajstić information content (AvgIpc) is 3.13. The lowest BCUT2D eigenvalue weighted by Crippen LogP contribution is -2.15. The molecule has 0 aromatic heterocycles. The summed E-state index contributed by atoms with van der Waals surface area (Å²) >= 11 is 0. The Morgan fingerprint density at radius 2 is 2.11 bits per heavy atom. The van der Waals surface area contributed by atoms with Gasteiger partial charge < -0.3 is 14.8 Å². The topological polar surface area (TPSA) is 30.5 Å². The number of hydrogen-bond donors (Lipinski definition) is 1. The third kappa shape index (κ3) is 4.30. The highest BCUT2D eigenvalue weighted by atomic mass is 16.5. The molecule has 1 aromatic rings. The van der Waals surface area contributed by atoms with Gasteiger partial charge in [-0.2, -0.15) is 0 Å². The molecule has 0 spiro atoms. The fraction of sp³-hybridized carbons (Fsp3) is 0.625. The van der Waals surface area contributed by atoms with Crippen molar-refractivity contribution in [1.82, 2.24) is 5.32 Å². The summed E-state index contributed by atoms with van der Waals surface area (Å²) in [6.07, 6.45) is 3.82. The zero-order chi connectivity index (χ0) is 12.9. The van der Waals surface area contributed by atoms with E-state index in [4.69, 9.17) is 9.47 Å². The molecular formula is C16H23NO2. The molecule has 1 aliphatic heterocycles. The van der Waals surface area contributed by atoms with Gasteiger partial charge in [-0.25, -0.2) is 0 Å². The maximum absolute atomic E-state index is 5.80. The summed E-state index contributed by atoms with van der Waals surface area (Å²) in [6.45, 7) is 4.29. The quantitative estimate of drug-likeness (QED) is 0.818. The third-order valence-electron chi connectivity index (χ3n) is 3.81. The molecular weight excluding hydrogens is 238 g/mol. The van der Waals surface area contributed by atoms with E-state index in [-0.39, 0.29) is 0 Å². The molecule has 1 N–H and O–H groups in total. The van der Waals surface area contributed by atoms with Gasteiger partial charge in [0.1, 0.15) is 0 Å². The van der Waals surface area contributed by atoms with Crippen molar-refractivity contribution in [1.29, 1.82) is 0 Å². The number of ether oxygens (including phenoxy) is 2. The van der Waals surface area contributed by atoms with Gasteiger partial charge in [-0.3, -0.25) is 0 Å². The summed E-state index contributed by atoms with van der Waals surface area (Å²) in [7, 11) is 0. The Bertz CT molecular complexity index is 397. The molecule has 1 aliphatic carbocycles. The van der Waals surface area contributed by atoms with Crippen LogP contribution in [0.25, 0.3) is 0 Å². The van der Waals surface area contributed by atoms with E-state index < -0.39 is 0 Å². The second-order valence-corrected chi connectivity index (χ2v) is 5.72. The third-order valence-corrected chi connectivity index (χ3v) is 3.81. The molecule has 19 heavy (non-hydrogen) atoms.